The maximum atomic E-state index is 13.7. The van der Waals surface area contributed by atoms with Gasteiger partial charge >= 0.3 is 5.97 Å². The number of hydrogen-bond donors (Lipinski definition) is 1. The Bertz CT molecular complexity index is 410. The third kappa shape index (κ3) is 4.23. The Morgan fingerprint density at radius 1 is 1.32 bits per heavy atom. The van der Waals surface area contributed by atoms with Crippen LogP contribution >= 0.6 is 0 Å². The van der Waals surface area contributed by atoms with Gasteiger partial charge in [-0.25, -0.2) is 9.18 Å². The van der Waals surface area contributed by atoms with E-state index in [0.717, 1.165) is 12.8 Å². The van der Waals surface area contributed by atoms with Crippen molar-refractivity contribution in [2.75, 3.05) is 6.61 Å². The summed E-state index contributed by atoms with van der Waals surface area (Å²) < 4.78 is 18.7. The summed E-state index contributed by atoms with van der Waals surface area (Å²) in [6, 6.07) is 6.16. The summed E-state index contributed by atoms with van der Waals surface area (Å²) >= 11 is 0. The number of rotatable bonds is 5. The number of phenols is 1. The van der Waals surface area contributed by atoms with Crippen LogP contribution < -0.4 is 0 Å². The first kappa shape index (κ1) is 13.8. The molecule has 0 spiro atoms. The van der Waals surface area contributed by atoms with Gasteiger partial charge in [0.25, 0.3) is 0 Å². The quantitative estimate of drug-likeness (QED) is 0.833. The minimum absolute atomic E-state index is 0.0101. The highest BCUT2D eigenvalue weighted by Gasteiger charge is 2.22. The summed E-state index contributed by atoms with van der Waals surface area (Å²) in [6.07, 6.45) is 2.85. The third-order valence-corrected chi connectivity index (χ3v) is 3.54. The molecule has 2 rings (SSSR count). The van der Waals surface area contributed by atoms with Gasteiger partial charge in [0.2, 0.25) is 6.17 Å². The molecule has 1 atom stereocenters. The molecule has 19 heavy (non-hydrogen) atoms. The van der Waals surface area contributed by atoms with Crippen molar-refractivity contribution in [3.63, 3.8) is 0 Å². The predicted octanol–water partition coefficient (Wildman–Crippen LogP) is 3.01. The first-order chi connectivity index (χ1) is 9.15. The first-order valence-corrected chi connectivity index (χ1v) is 6.74. The first-order valence-electron chi connectivity index (χ1n) is 6.74. The number of hydrogen-bond acceptors (Lipinski definition) is 3. The van der Waals surface area contributed by atoms with Crippen LogP contribution in [0, 0.1) is 5.92 Å². The molecule has 0 heterocycles. The zero-order valence-electron chi connectivity index (χ0n) is 10.8. The van der Waals surface area contributed by atoms with Gasteiger partial charge in [0.1, 0.15) is 5.75 Å². The molecule has 0 aromatic heterocycles. The minimum atomic E-state index is -1.63. The summed E-state index contributed by atoms with van der Waals surface area (Å²) in [7, 11) is 0. The van der Waals surface area contributed by atoms with E-state index >= 15 is 0 Å². The van der Waals surface area contributed by atoms with Crippen molar-refractivity contribution in [3.8, 4) is 5.75 Å². The number of alkyl halides is 1. The molecular weight excluding hydrogens is 247 g/mol. The molecule has 1 N–H and O–H groups in total. The van der Waals surface area contributed by atoms with Gasteiger partial charge in [-0.05, 0) is 36.5 Å². The lowest BCUT2D eigenvalue weighted by Crippen LogP contribution is -2.23. The van der Waals surface area contributed by atoms with Crippen molar-refractivity contribution >= 4 is 5.97 Å². The normalized spacial score (nSPS) is 17.3. The van der Waals surface area contributed by atoms with Gasteiger partial charge in [-0.2, -0.15) is 0 Å². The fourth-order valence-corrected chi connectivity index (χ4v) is 2.39. The smallest absolute Gasteiger partial charge is 0.341 e. The number of carbonyl (C=O) groups is 1. The van der Waals surface area contributed by atoms with E-state index in [1.807, 2.05) is 0 Å². The lowest BCUT2D eigenvalue weighted by molar-refractivity contribution is -0.150. The Labute approximate surface area is 112 Å². The summed E-state index contributed by atoms with van der Waals surface area (Å²) in [5.41, 5.74) is 0.670. The summed E-state index contributed by atoms with van der Waals surface area (Å²) in [5, 5.41) is 9.12. The number of halogens is 1. The number of esters is 1. The van der Waals surface area contributed by atoms with Gasteiger partial charge in [-0.1, -0.05) is 25.0 Å². The number of phenolic OH excluding ortho intramolecular Hbond substituents is 1. The van der Waals surface area contributed by atoms with Crippen molar-refractivity contribution in [3.05, 3.63) is 29.8 Å². The predicted molar refractivity (Wildman–Crippen MR) is 69.6 cm³/mol. The molecule has 0 radical (unpaired) electrons. The van der Waals surface area contributed by atoms with E-state index in [4.69, 9.17) is 9.84 Å². The summed E-state index contributed by atoms with van der Waals surface area (Å²) in [6.45, 7) is 0.342. The molecule has 1 fully saturated rings. The standard InChI is InChI=1S/C15H19FO3/c16-14(9-11-5-7-13(17)8-6-11)15(18)19-10-12-3-1-2-4-12/h5-8,12,14,17H,1-4,9-10H2/t14-/m0/s1. The van der Waals surface area contributed by atoms with Gasteiger partial charge in [0.15, 0.2) is 0 Å². The average molecular weight is 266 g/mol. The van der Waals surface area contributed by atoms with Crippen LogP contribution in [0.1, 0.15) is 31.2 Å². The van der Waals surface area contributed by atoms with Crippen molar-refractivity contribution in [1.82, 2.24) is 0 Å². The largest absolute Gasteiger partial charge is 0.508 e. The molecule has 0 saturated heterocycles. The SMILES string of the molecule is O=C(OCC1CCCC1)[C@@H](F)Cc1ccc(O)cc1. The molecule has 0 unspecified atom stereocenters. The maximum absolute atomic E-state index is 13.7. The minimum Gasteiger partial charge on any atom is -0.508 e. The number of ether oxygens (including phenoxy) is 1. The molecule has 1 aliphatic rings. The van der Waals surface area contributed by atoms with Crippen LogP contribution in [-0.4, -0.2) is 23.9 Å². The van der Waals surface area contributed by atoms with E-state index in [2.05, 4.69) is 0 Å². The van der Waals surface area contributed by atoms with Crippen LogP contribution in [0.2, 0.25) is 0 Å². The molecule has 0 aliphatic heterocycles. The van der Waals surface area contributed by atoms with Crippen LogP contribution in [0.25, 0.3) is 0 Å². The molecule has 3 nitrogen and oxygen atoms in total. The van der Waals surface area contributed by atoms with Crippen molar-refractivity contribution in [2.45, 2.75) is 38.3 Å². The molecular formula is C15H19FO3. The number of benzene rings is 1. The molecule has 4 heteroatoms. The monoisotopic (exact) mass is 266 g/mol. The van der Waals surface area contributed by atoms with E-state index in [-0.39, 0.29) is 12.2 Å². The zero-order valence-corrected chi connectivity index (χ0v) is 10.8. The van der Waals surface area contributed by atoms with E-state index < -0.39 is 12.1 Å². The van der Waals surface area contributed by atoms with E-state index in [1.165, 1.54) is 25.0 Å². The second-order valence-corrected chi connectivity index (χ2v) is 5.12. The fourth-order valence-electron chi connectivity index (χ4n) is 2.39. The highest BCUT2D eigenvalue weighted by molar-refractivity contribution is 5.74. The molecule has 0 amide bonds. The van der Waals surface area contributed by atoms with Gasteiger partial charge in [0, 0.05) is 6.42 Å². The molecule has 1 saturated carbocycles. The van der Waals surface area contributed by atoms with E-state index in [9.17, 15) is 9.18 Å². The van der Waals surface area contributed by atoms with Crippen LogP contribution in [0.5, 0.6) is 5.75 Å². The molecule has 1 aromatic carbocycles. The molecule has 0 bridgehead atoms. The van der Waals surface area contributed by atoms with Crippen molar-refractivity contribution in [2.24, 2.45) is 5.92 Å². The summed E-state index contributed by atoms with van der Waals surface area (Å²) in [5.74, 6) is -0.243. The van der Waals surface area contributed by atoms with Gasteiger partial charge in [0.05, 0.1) is 6.61 Å². The average Bonchev–Trinajstić information content (AvgIpc) is 2.91. The molecule has 104 valence electrons. The van der Waals surface area contributed by atoms with E-state index in [1.54, 1.807) is 12.1 Å². The van der Waals surface area contributed by atoms with Gasteiger partial charge in [-0.15, -0.1) is 0 Å². The van der Waals surface area contributed by atoms with Crippen LogP contribution in [-0.2, 0) is 16.0 Å². The van der Waals surface area contributed by atoms with Crippen molar-refractivity contribution in [1.29, 1.82) is 0 Å². The number of carbonyl (C=O) groups excluding carboxylic acids is 1. The Morgan fingerprint density at radius 3 is 2.58 bits per heavy atom. The Hall–Kier alpha value is -1.58. The Balaban J connectivity index is 1.76. The molecule has 1 aromatic rings. The zero-order chi connectivity index (χ0) is 13.7. The Morgan fingerprint density at radius 2 is 1.95 bits per heavy atom. The maximum Gasteiger partial charge on any atom is 0.341 e. The van der Waals surface area contributed by atoms with Crippen LogP contribution in [0.4, 0.5) is 4.39 Å². The Kier molecular flexibility index (Phi) is 4.77. The topological polar surface area (TPSA) is 46.5 Å². The second-order valence-electron chi connectivity index (χ2n) is 5.12. The van der Waals surface area contributed by atoms with Gasteiger partial charge in [-0.3, -0.25) is 0 Å². The van der Waals surface area contributed by atoms with Crippen LogP contribution in [0.15, 0.2) is 24.3 Å². The van der Waals surface area contributed by atoms with Crippen LogP contribution in [0.3, 0.4) is 0 Å². The molecule has 1 aliphatic carbocycles. The van der Waals surface area contributed by atoms with Crippen molar-refractivity contribution < 1.29 is 19.0 Å². The van der Waals surface area contributed by atoms with E-state index in [0.29, 0.717) is 18.1 Å². The highest BCUT2D eigenvalue weighted by atomic mass is 19.1. The second kappa shape index (κ2) is 6.55. The third-order valence-electron chi connectivity index (χ3n) is 3.54. The summed E-state index contributed by atoms with van der Waals surface area (Å²) in [4.78, 5) is 11.5. The lowest BCUT2D eigenvalue weighted by atomic mass is 10.1. The van der Waals surface area contributed by atoms with Gasteiger partial charge < -0.3 is 9.84 Å². The number of aromatic hydroxyl groups is 1. The fraction of sp³-hybridized carbons (Fsp3) is 0.533. The highest BCUT2D eigenvalue weighted by Crippen LogP contribution is 2.25. The lowest BCUT2D eigenvalue weighted by Gasteiger charge is -2.12.